The van der Waals surface area contributed by atoms with Gasteiger partial charge >= 0.3 is 0 Å². The lowest BCUT2D eigenvalue weighted by molar-refractivity contribution is 0.290. The molecule has 0 amide bonds. The van der Waals surface area contributed by atoms with Crippen LogP contribution in [0.2, 0.25) is 0 Å². The van der Waals surface area contributed by atoms with Crippen LogP contribution in [0.3, 0.4) is 0 Å². The van der Waals surface area contributed by atoms with Crippen molar-refractivity contribution in [3.8, 4) is 0 Å². The molecular weight excluding hydrogens is 306 g/mol. The summed E-state index contributed by atoms with van der Waals surface area (Å²) >= 11 is 5.87. The van der Waals surface area contributed by atoms with Crippen molar-refractivity contribution < 1.29 is 8.42 Å². The SMILES string of the molecule is O=S(=O)(c1ccc2c(c1)CCCC2)N1CCC(CCl)CC1. The molecule has 0 N–H and O–H groups in total. The molecule has 2 aliphatic rings. The molecule has 1 aromatic rings. The van der Waals surface area contributed by atoms with Gasteiger partial charge in [0.25, 0.3) is 0 Å². The van der Waals surface area contributed by atoms with E-state index >= 15 is 0 Å². The minimum Gasteiger partial charge on any atom is -0.207 e. The first-order valence-electron chi connectivity index (χ1n) is 7.79. The quantitative estimate of drug-likeness (QED) is 0.799. The summed E-state index contributed by atoms with van der Waals surface area (Å²) in [7, 11) is -3.34. The topological polar surface area (TPSA) is 37.4 Å². The number of benzene rings is 1. The van der Waals surface area contributed by atoms with Gasteiger partial charge in [-0.3, -0.25) is 0 Å². The maximum atomic E-state index is 12.8. The lowest BCUT2D eigenvalue weighted by atomic mass is 9.92. The molecule has 0 unspecified atom stereocenters. The number of halogens is 1. The van der Waals surface area contributed by atoms with E-state index in [1.807, 2.05) is 12.1 Å². The van der Waals surface area contributed by atoms with E-state index < -0.39 is 10.0 Å². The maximum Gasteiger partial charge on any atom is 0.243 e. The molecule has 0 radical (unpaired) electrons. The number of nitrogens with zero attached hydrogens (tertiary/aromatic N) is 1. The van der Waals surface area contributed by atoms with Crippen molar-refractivity contribution in [3.63, 3.8) is 0 Å². The van der Waals surface area contributed by atoms with E-state index in [1.54, 1.807) is 10.4 Å². The smallest absolute Gasteiger partial charge is 0.207 e. The maximum absolute atomic E-state index is 12.8. The van der Waals surface area contributed by atoms with Crippen LogP contribution in [0.5, 0.6) is 0 Å². The zero-order chi connectivity index (χ0) is 14.9. The molecule has 1 saturated heterocycles. The first-order valence-corrected chi connectivity index (χ1v) is 9.76. The summed E-state index contributed by atoms with van der Waals surface area (Å²) in [6, 6.07) is 5.69. The van der Waals surface area contributed by atoms with Gasteiger partial charge < -0.3 is 0 Å². The van der Waals surface area contributed by atoms with Gasteiger partial charge in [-0.15, -0.1) is 11.6 Å². The third-order valence-corrected chi connectivity index (χ3v) is 7.08. The van der Waals surface area contributed by atoms with Crippen molar-refractivity contribution in [2.24, 2.45) is 5.92 Å². The molecule has 21 heavy (non-hydrogen) atoms. The third kappa shape index (κ3) is 3.13. The number of piperidine rings is 1. The average molecular weight is 328 g/mol. The largest absolute Gasteiger partial charge is 0.243 e. The number of hydrogen-bond acceptors (Lipinski definition) is 2. The molecular formula is C16H22ClNO2S. The second-order valence-corrected chi connectivity index (χ2v) is 8.39. The predicted molar refractivity (Wildman–Crippen MR) is 85.3 cm³/mol. The first kappa shape index (κ1) is 15.3. The standard InChI is InChI=1S/C16H22ClNO2S/c17-12-13-7-9-18(10-8-13)21(19,20)16-6-5-14-3-1-2-4-15(14)11-16/h5-6,11,13H,1-4,7-10,12H2. The molecule has 1 aliphatic heterocycles. The lowest BCUT2D eigenvalue weighted by Crippen LogP contribution is -2.38. The molecule has 1 fully saturated rings. The van der Waals surface area contributed by atoms with Gasteiger partial charge in [0, 0.05) is 19.0 Å². The number of sulfonamides is 1. The highest BCUT2D eigenvalue weighted by Gasteiger charge is 2.29. The Morgan fingerprint density at radius 1 is 1.10 bits per heavy atom. The summed E-state index contributed by atoms with van der Waals surface area (Å²) in [4.78, 5) is 0.465. The summed E-state index contributed by atoms with van der Waals surface area (Å²) in [5.41, 5.74) is 2.54. The van der Waals surface area contributed by atoms with Crippen LogP contribution in [0.4, 0.5) is 0 Å². The third-order valence-electron chi connectivity index (χ3n) is 4.75. The Bertz CT molecular complexity index is 607. The number of hydrogen-bond donors (Lipinski definition) is 0. The molecule has 3 nitrogen and oxygen atoms in total. The number of aryl methyl sites for hydroxylation is 2. The van der Waals surface area contributed by atoms with E-state index in [4.69, 9.17) is 11.6 Å². The molecule has 0 saturated carbocycles. The fraction of sp³-hybridized carbons (Fsp3) is 0.625. The molecule has 3 rings (SSSR count). The Morgan fingerprint density at radius 2 is 1.76 bits per heavy atom. The van der Waals surface area contributed by atoms with Crippen LogP contribution in [0.15, 0.2) is 23.1 Å². The van der Waals surface area contributed by atoms with Crippen LogP contribution >= 0.6 is 11.6 Å². The van der Waals surface area contributed by atoms with E-state index in [0.29, 0.717) is 29.8 Å². The monoisotopic (exact) mass is 327 g/mol. The highest BCUT2D eigenvalue weighted by atomic mass is 35.5. The molecule has 0 atom stereocenters. The Morgan fingerprint density at radius 3 is 2.43 bits per heavy atom. The number of rotatable bonds is 3. The summed E-state index contributed by atoms with van der Waals surface area (Å²) in [6.45, 7) is 1.19. The summed E-state index contributed by atoms with van der Waals surface area (Å²) in [6.07, 6.45) is 6.20. The van der Waals surface area contributed by atoms with Crippen molar-refractivity contribution in [3.05, 3.63) is 29.3 Å². The Hall–Kier alpha value is -0.580. The molecule has 116 valence electrons. The summed E-state index contributed by atoms with van der Waals surface area (Å²) in [5, 5.41) is 0. The number of alkyl halides is 1. The zero-order valence-electron chi connectivity index (χ0n) is 12.2. The van der Waals surface area contributed by atoms with Crippen LogP contribution in [-0.4, -0.2) is 31.7 Å². The van der Waals surface area contributed by atoms with Crippen LogP contribution in [0.25, 0.3) is 0 Å². The van der Waals surface area contributed by atoms with Crippen molar-refractivity contribution in [1.82, 2.24) is 4.31 Å². The molecule has 1 aromatic carbocycles. The predicted octanol–water partition coefficient (Wildman–Crippen LogP) is 3.20. The van der Waals surface area contributed by atoms with Crippen molar-refractivity contribution in [2.75, 3.05) is 19.0 Å². The van der Waals surface area contributed by atoms with E-state index in [1.165, 1.54) is 17.5 Å². The highest BCUT2D eigenvalue weighted by Crippen LogP contribution is 2.28. The Kier molecular flexibility index (Phi) is 4.57. The second kappa shape index (κ2) is 6.27. The van der Waals surface area contributed by atoms with Gasteiger partial charge in [0.1, 0.15) is 0 Å². The van der Waals surface area contributed by atoms with Gasteiger partial charge in [-0.2, -0.15) is 4.31 Å². The molecule has 0 bridgehead atoms. The summed E-state index contributed by atoms with van der Waals surface area (Å²) in [5.74, 6) is 1.09. The second-order valence-electron chi connectivity index (χ2n) is 6.14. The van der Waals surface area contributed by atoms with E-state index in [0.717, 1.165) is 32.1 Å². The van der Waals surface area contributed by atoms with Crippen molar-refractivity contribution in [1.29, 1.82) is 0 Å². The van der Waals surface area contributed by atoms with Gasteiger partial charge in [0.2, 0.25) is 10.0 Å². The zero-order valence-corrected chi connectivity index (χ0v) is 13.8. The molecule has 5 heteroatoms. The van der Waals surface area contributed by atoms with Crippen LogP contribution < -0.4 is 0 Å². The van der Waals surface area contributed by atoms with Gasteiger partial charge in [-0.25, -0.2) is 8.42 Å². The first-order chi connectivity index (χ1) is 10.1. The highest BCUT2D eigenvalue weighted by molar-refractivity contribution is 7.89. The minimum absolute atomic E-state index is 0.460. The van der Waals surface area contributed by atoms with Crippen molar-refractivity contribution >= 4 is 21.6 Å². The van der Waals surface area contributed by atoms with Gasteiger partial charge in [0.05, 0.1) is 4.90 Å². The lowest BCUT2D eigenvalue weighted by Gasteiger charge is -2.30. The van der Waals surface area contributed by atoms with Crippen molar-refractivity contribution in [2.45, 2.75) is 43.4 Å². The van der Waals surface area contributed by atoms with Crippen LogP contribution in [0, 0.1) is 5.92 Å². The van der Waals surface area contributed by atoms with Crippen LogP contribution in [-0.2, 0) is 22.9 Å². The average Bonchev–Trinajstić information content (AvgIpc) is 2.54. The van der Waals surface area contributed by atoms with Crippen LogP contribution in [0.1, 0.15) is 36.8 Å². The molecule has 0 spiro atoms. The molecule has 0 aromatic heterocycles. The number of fused-ring (bicyclic) bond motifs is 1. The van der Waals surface area contributed by atoms with E-state index in [2.05, 4.69) is 0 Å². The van der Waals surface area contributed by atoms with Gasteiger partial charge in [-0.05, 0) is 67.7 Å². The fourth-order valence-electron chi connectivity index (χ4n) is 3.32. The van der Waals surface area contributed by atoms with E-state index in [-0.39, 0.29) is 0 Å². The van der Waals surface area contributed by atoms with E-state index in [9.17, 15) is 8.42 Å². The summed E-state index contributed by atoms with van der Waals surface area (Å²) < 4.78 is 27.1. The Labute approximate surface area is 132 Å². The van der Waals surface area contributed by atoms with Gasteiger partial charge in [-0.1, -0.05) is 6.07 Å². The normalized spacial score (nSPS) is 21.2. The Balaban J connectivity index is 1.82. The minimum atomic E-state index is -3.34. The molecule has 1 heterocycles. The fourth-order valence-corrected chi connectivity index (χ4v) is 5.15. The van der Waals surface area contributed by atoms with Gasteiger partial charge in [0.15, 0.2) is 0 Å². The molecule has 1 aliphatic carbocycles.